The van der Waals surface area contributed by atoms with Crippen LogP contribution in [0.1, 0.15) is 23.0 Å². The number of benzene rings is 3. The molecule has 2 saturated heterocycles. The summed E-state index contributed by atoms with van der Waals surface area (Å²) in [5, 5.41) is 0. The van der Waals surface area contributed by atoms with Crippen molar-refractivity contribution >= 4 is 0 Å². The molecule has 0 spiro atoms. The standard InChI is InChI=1S/C29H32O7/c1-30-23-15-13-22(14-16-23)28-34-19-24-25(36-28)26(32-17-20-9-5-3-6-10-20)27(29(31-2)35-24)33-18-21-11-7-4-8-12-21/h3-16,24-29H,17-19H2,1-2H3/t24-,25-,26+,27-,28+,29+/m1/s1. The third-order valence-corrected chi connectivity index (χ3v) is 6.47. The van der Waals surface area contributed by atoms with Crippen LogP contribution in [-0.4, -0.2) is 51.5 Å². The van der Waals surface area contributed by atoms with Crippen LogP contribution in [0, 0.1) is 0 Å². The molecule has 0 aromatic heterocycles. The number of hydrogen-bond donors (Lipinski definition) is 0. The smallest absolute Gasteiger partial charge is 0.186 e. The molecule has 0 unspecified atom stereocenters. The van der Waals surface area contributed by atoms with Gasteiger partial charge in [0.15, 0.2) is 12.6 Å². The second-order valence-electron chi connectivity index (χ2n) is 8.84. The third-order valence-electron chi connectivity index (χ3n) is 6.47. The Labute approximate surface area is 211 Å². The van der Waals surface area contributed by atoms with Gasteiger partial charge in [-0.1, -0.05) is 72.8 Å². The highest BCUT2D eigenvalue weighted by molar-refractivity contribution is 5.28. The minimum Gasteiger partial charge on any atom is -0.497 e. The first-order valence-electron chi connectivity index (χ1n) is 12.2. The fourth-order valence-electron chi connectivity index (χ4n) is 4.57. The molecule has 6 atom stereocenters. The van der Waals surface area contributed by atoms with E-state index in [9.17, 15) is 0 Å². The summed E-state index contributed by atoms with van der Waals surface area (Å²) in [5.74, 6) is 0.773. The van der Waals surface area contributed by atoms with E-state index in [4.69, 9.17) is 33.2 Å². The number of fused-ring (bicyclic) bond motifs is 1. The Morgan fingerprint density at radius 3 is 1.92 bits per heavy atom. The lowest BCUT2D eigenvalue weighted by molar-refractivity contribution is -0.369. The maximum absolute atomic E-state index is 6.51. The molecule has 36 heavy (non-hydrogen) atoms. The zero-order chi connectivity index (χ0) is 24.7. The van der Waals surface area contributed by atoms with Gasteiger partial charge in [0.05, 0.1) is 26.9 Å². The lowest BCUT2D eigenvalue weighted by Gasteiger charge is -2.48. The van der Waals surface area contributed by atoms with Gasteiger partial charge in [-0.2, -0.15) is 0 Å². The summed E-state index contributed by atoms with van der Waals surface area (Å²) >= 11 is 0. The Kier molecular flexibility index (Phi) is 8.28. The summed E-state index contributed by atoms with van der Waals surface area (Å²) in [6.45, 7) is 1.15. The molecule has 0 amide bonds. The first-order valence-corrected chi connectivity index (χ1v) is 12.2. The predicted octanol–water partition coefficient (Wildman–Crippen LogP) is 4.65. The van der Waals surface area contributed by atoms with Gasteiger partial charge in [0.2, 0.25) is 0 Å². The molecule has 2 aliphatic heterocycles. The van der Waals surface area contributed by atoms with Gasteiger partial charge >= 0.3 is 0 Å². The van der Waals surface area contributed by atoms with Gasteiger partial charge in [0, 0.05) is 12.7 Å². The van der Waals surface area contributed by atoms with Crippen LogP contribution in [0.15, 0.2) is 84.9 Å². The molecule has 2 heterocycles. The molecule has 0 aliphatic carbocycles. The van der Waals surface area contributed by atoms with Crippen LogP contribution in [0.2, 0.25) is 0 Å². The monoisotopic (exact) mass is 492 g/mol. The highest BCUT2D eigenvalue weighted by Gasteiger charge is 2.51. The lowest BCUT2D eigenvalue weighted by Crippen LogP contribution is -2.63. The maximum Gasteiger partial charge on any atom is 0.186 e. The van der Waals surface area contributed by atoms with Crippen LogP contribution in [-0.2, 0) is 41.6 Å². The van der Waals surface area contributed by atoms with Crippen molar-refractivity contribution in [1.29, 1.82) is 0 Å². The Balaban J connectivity index is 1.38. The second-order valence-corrected chi connectivity index (χ2v) is 8.84. The third kappa shape index (κ3) is 5.78. The summed E-state index contributed by atoms with van der Waals surface area (Å²) < 4.78 is 42.6. The van der Waals surface area contributed by atoms with Crippen molar-refractivity contribution in [3.63, 3.8) is 0 Å². The highest BCUT2D eigenvalue weighted by atomic mass is 16.8. The second kappa shape index (κ2) is 12.0. The van der Waals surface area contributed by atoms with E-state index in [1.165, 1.54) is 0 Å². The molecule has 0 bridgehead atoms. The van der Waals surface area contributed by atoms with Gasteiger partial charge in [-0.15, -0.1) is 0 Å². The predicted molar refractivity (Wildman–Crippen MR) is 132 cm³/mol. The van der Waals surface area contributed by atoms with Crippen LogP contribution in [0.25, 0.3) is 0 Å². The molecule has 0 N–H and O–H groups in total. The molecule has 5 rings (SSSR count). The molecule has 7 nitrogen and oxygen atoms in total. The molecule has 0 radical (unpaired) electrons. The summed E-state index contributed by atoms with van der Waals surface area (Å²) in [7, 11) is 3.26. The van der Waals surface area contributed by atoms with Crippen LogP contribution in [0.3, 0.4) is 0 Å². The molecular formula is C29H32O7. The van der Waals surface area contributed by atoms with Gasteiger partial charge in [0.1, 0.15) is 30.2 Å². The maximum atomic E-state index is 6.51. The fraction of sp³-hybridized carbons (Fsp3) is 0.379. The average Bonchev–Trinajstić information content (AvgIpc) is 2.95. The zero-order valence-electron chi connectivity index (χ0n) is 20.5. The quantitative estimate of drug-likeness (QED) is 0.431. The fourth-order valence-corrected chi connectivity index (χ4v) is 4.57. The normalized spacial score (nSPS) is 27.8. The van der Waals surface area contributed by atoms with E-state index >= 15 is 0 Å². The van der Waals surface area contributed by atoms with Crippen molar-refractivity contribution in [2.75, 3.05) is 20.8 Å². The molecule has 0 saturated carbocycles. The van der Waals surface area contributed by atoms with E-state index < -0.39 is 30.9 Å². The van der Waals surface area contributed by atoms with Gasteiger partial charge < -0.3 is 33.2 Å². The first-order chi connectivity index (χ1) is 17.7. The summed E-state index contributed by atoms with van der Waals surface area (Å²) in [6, 6.07) is 27.7. The molecular weight excluding hydrogens is 460 g/mol. The molecule has 2 fully saturated rings. The SMILES string of the molecule is COc1ccc([C@H]2OC[C@H]3O[C@H](OC)[C@H](OCc4ccccc4)[C@@H](OCc4ccccc4)[C@@H]3O2)cc1. The number of ether oxygens (including phenoxy) is 7. The van der Waals surface area contributed by atoms with Gasteiger partial charge in [0.25, 0.3) is 0 Å². The lowest BCUT2D eigenvalue weighted by atomic mass is 9.97. The summed E-state index contributed by atoms with van der Waals surface area (Å²) in [6.07, 6.45) is -2.90. The van der Waals surface area contributed by atoms with Crippen LogP contribution >= 0.6 is 0 Å². The van der Waals surface area contributed by atoms with Crippen molar-refractivity contribution in [2.45, 2.75) is 50.2 Å². The first kappa shape index (κ1) is 24.9. The van der Waals surface area contributed by atoms with Gasteiger partial charge in [-0.25, -0.2) is 0 Å². The minimum absolute atomic E-state index is 0.345. The van der Waals surface area contributed by atoms with E-state index in [-0.39, 0.29) is 6.10 Å². The van der Waals surface area contributed by atoms with Crippen LogP contribution in [0.5, 0.6) is 5.75 Å². The van der Waals surface area contributed by atoms with Crippen molar-refractivity contribution < 1.29 is 33.2 Å². The summed E-state index contributed by atoms with van der Waals surface area (Å²) in [5.41, 5.74) is 3.02. The van der Waals surface area contributed by atoms with E-state index in [0.717, 1.165) is 22.4 Å². The molecule has 190 valence electrons. The minimum atomic E-state index is -0.625. The average molecular weight is 493 g/mol. The van der Waals surface area contributed by atoms with E-state index in [0.29, 0.717) is 19.8 Å². The van der Waals surface area contributed by atoms with Gasteiger partial charge in [-0.3, -0.25) is 0 Å². The largest absolute Gasteiger partial charge is 0.497 e. The van der Waals surface area contributed by atoms with E-state index in [1.54, 1.807) is 14.2 Å². The Morgan fingerprint density at radius 2 is 1.33 bits per heavy atom. The number of rotatable bonds is 9. The van der Waals surface area contributed by atoms with Crippen molar-refractivity contribution in [3.8, 4) is 5.75 Å². The van der Waals surface area contributed by atoms with Crippen molar-refractivity contribution in [3.05, 3.63) is 102 Å². The summed E-state index contributed by atoms with van der Waals surface area (Å²) in [4.78, 5) is 0. The molecule has 3 aromatic carbocycles. The number of hydrogen-bond acceptors (Lipinski definition) is 7. The van der Waals surface area contributed by atoms with Crippen molar-refractivity contribution in [1.82, 2.24) is 0 Å². The Hall–Kier alpha value is -2.78. The van der Waals surface area contributed by atoms with Crippen LogP contribution < -0.4 is 4.74 Å². The van der Waals surface area contributed by atoms with Crippen molar-refractivity contribution in [2.24, 2.45) is 0 Å². The zero-order valence-corrected chi connectivity index (χ0v) is 20.5. The van der Waals surface area contributed by atoms with E-state index in [1.807, 2.05) is 84.9 Å². The number of methoxy groups -OCH3 is 2. The highest BCUT2D eigenvalue weighted by Crippen LogP contribution is 2.37. The molecule has 2 aliphatic rings. The topological polar surface area (TPSA) is 64.6 Å². The van der Waals surface area contributed by atoms with E-state index in [2.05, 4.69) is 0 Å². The van der Waals surface area contributed by atoms with Crippen LogP contribution in [0.4, 0.5) is 0 Å². The van der Waals surface area contributed by atoms with Gasteiger partial charge in [-0.05, 0) is 23.3 Å². The Morgan fingerprint density at radius 1 is 0.722 bits per heavy atom. The molecule has 7 heteroatoms. The molecule has 3 aromatic rings. The Bertz CT molecular complexity index is 1060.